The molecule has 0 unspecified atom stereocenters. The van der Waals surface area contributed by atoms with Crippen molar-refractivity contribution in [1.82, 2.24) is 15.2 Å². The zero-order valence-electron chi connectivity index (χ0n) is 9.22. The average Bonchev–Trinajstić information content (AvgIpc) is 2.75. The third-order valence-corrected chi connectivity index (χ3v) is 2.70. The molecule has 0 aliphatic carbocycles. The van der Waals surface area contributed by atoms with Gasteiger partial charge in [0.15, 0.2) is 0 Å². The molecule has 0 aliphatic rings. The molecule has 3 nitrogen and oxygen atoms in total. The molecular formula is C11H8ClF3N3. The summed E-state index contributed by atoms with van der Waals surface area (Å²) in [6.07, 6.45) is -3.00. The quantitative estimate of drug-likeness (QED) is 0.850. The van der Waals surface area contributed by atoms with Crippen molar-refractivity contribution in [3.63, 3.8) is 0 Å². The minimum atomic E-state index is -4.36. The molecule has 0 fully saturated rings. The number of rotatable bonds is 2. The van der Waals surface area contributed by atoms with Crippen LogP contribution in [0.3, 0.4) is 0 Å². The van der Waals surface area contributed by atoms with E-state index in [2.05, 4.69) is 21.2 Å². The molecule has 0 amide bonds. The van der Waals surface area contributed by atoms with Crippen molar-refractivity contribution in [2.24, 2.45) is 0 Å². The molecule has 0 aromatic carbocycles. The summed E-state index contributed by atoms with van der Waals surface area (Å²) in [4.78, 5) is 3.92. The van der Waals surface area contributed by atoms with E-state index in [1.165, 1.54) is 18.3 Å². The van der Waals surface area contributed by atoms with Gasteiger partial charge in [-0.2, -0.15) is 18.3 Å². The third-order valence-electron chi connectivity index (χ3n) is 2.49. The lowest BCUT2D eigenvalue weighted by molar-refractivity contribution is -0.147. The van der Waals surface area contributed by atoms with Crippen LogP contribution < -0.4 is 0 Å². The highest BCUT2D eigenvalue weighted by atomic mass is 35.5. The topological polar surface area (TPSA) is 41.6 Å². The molecule has 1 N–H and O–H groups in total. The molecule has 0 saturated heterocycles. The van der Waals surface area contributed by atoms with Crippen molar-refractivity contribution < 1.29 is 13.2 Å². The largest absolute Gasteiger partial charge is 0.397 e. The Kier molecular flexibility index (Phi) is 3.30. The molecule has 7 heteroatoms. The Morgan fingerprint density at radius 1 is 1.44 bits per heavy atom. The first kappa shape index (κ1) is 12.9. The second kappa shape index (κ2) is 4.61. The number of hydrogen-bond acceptors (Lipinski definition) is 2. The van der Waals surface area contributed by atoms with Crippen LogP contribution in [0.15, 0.2) is 18.3 Å². The number of hydrogen-bond donors (Lipinski definition) is 1. The molecule has 1 atom stereocenters. The SMILES string of the molecule is C[C@@H](c1n[nH]cc1-c1[c]ccc(Cl)n1)C(F)(F)F. The maximum absolute atomic E-state index is 12.7. The van der Waals surface area contributed by atoms with Crippen LogP contribution in [0.4, 0.5) is 13.2 Å². The smallest absolute Gasteiger partial charge is 0.285 e. The molecular weight excluding hydrogens is 267 g/mol. The molecule has 0 saturated carbocycles. The van der Waals surface area contributed by atoms with Crippen LogP contribution in [0.5, 0.6) is 0 Å². The van der Waals surface area contributed by atoms with E-state index in [0.29, 0.717) is 0 Å². The molecule has 0 aliphatic heterocycles. The van der Waals surface area contributed by atoms with Crippen LogP contribution in [0.2, 0.25) is 5.15 Å². The average molecular weight is 275 g/mol. The summed E-state index contributed by atoms with van der Waals surface area (Å²) in [5.74, 6) is -1.69. The van der Waals surface area contributed by atoms with Crippen LogP contribution in [0, 0.1) is 6.07 Å². The van der Waals surface area contributed by atoms with E-state index in [9.17, 15) is 13.2 Å². The normalized spacial score (nSPS) is 13.6. The molecule has 0 spiro atoms. The van der Waals surface area contributed by atoms with E-state index in [4.69, 9.17) is 11.6 Å². The summed E-state index contributed by atoms with van der Waals surface area (Å²) in [6.45, 7) is 1.05. The highest BCUT2D eigenvalue weighted by molar-refractivity contribution is 6.29. The fourth-order valence-corrected chi connectivity index (χ4v) is 1.63. The van der Waals surface area contributed by atoms with Gasteiger partial charge in [-0.25, -0.2) is 4.98 Å². The zero-order valence-corrected chi connectivity index (χ0v) is 9.97. The van der Waals surface area contributed by atoms with Crippen LogP contribution in [0.25, 0.3) is 11.3 Å². The number of halogens is 4. The van der Waals surface area contributed by atoms with E-state index >= 15 is 0 Å². The van der Waals surface area contributed by atoms with E-state index in [-0.39, 0.29) is 22.1 Å². The highest BCUT2D eigenvalue weighted by Crippen LogP contribution is 2.37. The van der Waals surface area contributed by atoms with Crippen LogP contribution >= 0.6 is 11.6 Å². The summed E-state index contributed by atoms with van der Waals surface area (Å²) in [6, 6.07) is 5.73. The van der Waals surface area contributed by atoms with Gasteiger partial charge in [-0.05, 0) is 19.1 Å². The van der Waals surface area contributed by atoms with E-state index < -0.39 is 12.1 Å². The van der Waals surface area contributed by atoms with Gasteiger partial charge in [0.05, 0.1) is 17.3 Å². The van der Waals surface area contributed by atoms with E-state index in [1.54, 1.807) is 0 Å². The highest BCUT2D eigenvalue weighted by Gasteiger charge is 2.40. The second-order valence-electron chi connectivity index (χ2n) is 3.71. The number of nitrogens with one attached hydrogen (secondary N) is 1. The molecule has 0 bridgehead atoms. The summed E-state index contributed by atoms with van der Waals surface area (Å²) in [5, 5.41) is 6.25. The standard InChI is InChI=1S/C11H8ClF3N3/c1-6(11(13,14)15)10-7(5-16-18-10)8-3-2-4-9(12)17-8/h2,4-6H,1H3,(H,16,18)/t6-/m0/s1. The molecule has 2 rings (SSSR count). The summed E-state index contributed by atoms with van der Waals surface area (Å²) in [7, 11) is 0. The lowest BCUT2D eigenvalue weighted by atomic mass is 10.0. The number of pyridine rings is 1. The minimum absolute atomic E-state index is 0.117. The van der Waals surface area contributed by atoms with Gasteiger partial charge >= 0.3 is 6.18 Å². The number of alkyl halides is 3. The molecule has 2 aromatic heterocycles. The first-order valence-corrected chi connectivity index (χ1v) is 5.42. The van der Waals surface area contributed by atoms with Gasteiger partial charge in [-0.1, -0.05) is 11.6 Å². The van der Waals surface area contributed by atoms with Gasteiger partial charge < -0.3 is 0 Å². The fourth-order valence-electron chi connectivity index (χ4n) is 1.48. The van der Waals surface area contributed by atoms with Gasteiger partial charge in [0, 0.05) is 17.8 Å². The van der Waals surface area contributed by atoms with Crippen molar-refractivity contribution in [2.75, 3.05) is 0 Å². The van der Waals surface area contributed by atoms with Crippen molar-refractivity contribution in [3.05, 3.63) is 35.2 Å². The van der Waals surface area contributed by atoms with Gasteiger partial charge in [-0.15, -0.1) is 0 Å². The van der Waals surface area contributed by atoms with Crippen molar-refractivity contribution in [1.29, 1.82) is 0 Å². The maximum atomic E-state index is 12.7. The lowest BCUT2D eigenvalue weighted by Crippen LogP contribution is -2.18. The number of aromatic nitrogens is 3. The summed E-state index contributed by atoms with van der Waals surface area (Å²) in [5.41, 5.74) is 0.373. The molecule has 18 heavy (non-hydrogen) atoms. The predicted molar refractivity (Wildman–Crippen MR) is 60.1 cm³/mol. The Balaban J connectivity index is 2.45. The monoisotopic (exact) mass is 274 g/mol. The molecule has 2 heterocycles. The van der Waals surface area contributed by atoms with Gasteiger partial charge in [-0.3, -0.25) is 5.10 Å². The van der Waals surface area contributed by atoms with Crippen LogP contribution in [-0.4, -0.2) is 21.4 Å². The Morgan fingerprint density at radius 3 is 2.78 bits per heavy atom. The van der Waals surface area contributed by atoms with Gasteiger partial charge in [0.2, 0.25) is 0 Å². The Morgan fingerprint density at radius 2 is 2.17 bits per heavy atom. The van der Waals surface area contributed by atoms with Crippen LogP contribution in [0.1, 0.15) is 18.5 Å². The van der Waals surface area contributed by atoms with Crippen LogP contribution in [-0.2, 0) is 0 Å². The van der Waals surface area contributed by atoms with Crippen molar-refractivity contribution in [2.45, 2.75) is 19.0 Å². The Labute approximate surface area is 106 Å². The number of nitrogens with zero attached hydrogens (tertiary/aromatic N) is 2. The summed E-state index contributed by atoms with van der Waals surface area (Å²) >= 11 is 5.70. The minimum Gasteiger partial charge on any atom is -0.285 e. The number of aromatic amines is 1. The van der Waals surface area contributed by atoms with Gasteiger partial charge in [0.25, 0.3) is 0 Å². The Bertz CT molecular complexity index is 550. The van der Waals surface area contributed by atoms with E-state index in [1.807, 2.05) is 0 Å². The first-order chi connectivity index (χ1) is 8.39. The zero-order chi connectivity index (χ0) is 13.3. The first-order valence-electron chi connectivity index (χ1n) is 5.04. The molecule has 95 valence electrons. The summed E-state index contributed by atoms with van der Waals surface area (Å²) < 4.78 is 38.0. The van der Waals surface area contributed by atoms with Gasteiger partial charge in [0.1, 0.15) is 5.15 Å². The van der Waals surface area contributed by atoms with Crippen molar-refractivity contribution >= 4 is 11.6 Å². The lowest BCUT2D eigenvalue weighted by Gasteiger charge is -2.14. The third kappa shape index (κ3) is 2.48. The predicted octanol–water partition coefficient (Wildman–Crippen LogP) is 3.59. The molecule has 2 aromatic rings. The second-order valence-corrected chi connectivity index (χ2v) is 4.10. The number of H-pyrrole nitrogens is 1. The van der Waals surface area contributed by atoms with E-state index in [0.717, 1.165) is 6.92 Å². The van der Waals surface area contributed by atoms with Crippen molar-refractivity contribution in [3.8, 4) is 11.3 Å². The Hall–Kier alpha value is -1.56. The fraction of sp³-hybridized carbons (Fsp3) is 0.273. The maximum Gasteiger partial charge on any atom is 0.397 e. The molecule has 1 radical (unpaired) electrons.